The summed E-state index contributed by atoms with van der Waals surface area (Å²) < 4.78 is 0. The zero-order valence-electron chi connectivity index (χ0n) is 13.2. The molecule has 2 aliphatic rings. The molecule has 0 saturated heterocycles. The van der Waals surface area contributed by atoms with E-state index >= 15 is 0 Å². The highest BCUT2D eigenvalue weighted by atomic mass is 35.5. The number of nitro benzene ring substituents is 1. The number of rotatable bonds is 2. The molecule has 4 rings (SSSR count). The minimum Gasteiger partial charge on any atom is -0.377 e. The molecule has 0 bridgehead atoms. The zero-order valence-corrected chi connectivity index (χ0v) is 14.0. The van der Waals surface area contributed by atoms with Crippen LogP contribution in [0.15, 0.2) is 48.6 Å². The predicted octanol–water partition coefficient (Wildman–Crippen LogP) is 5.38. The number of aryl methyl sites for hydroxylation is 1. The van der Waals surface area contributed by atoms with E-state index < -0.39 is 0 Å². The van der Waals surface area contributed by atoms with Crippen LogP contribution in [0.5, 0.6) is 0 Å². The van der Waals surface area contributed by atoms with Gasteiger partial charge in [-0.2, -0.15) is 0 Å². The van der Waals surface area contributed by atoms with Crippen molar-refractivity contribution in [1.29, 1.82) is 0 Å². The van der Waals surface area contributed by atoms with Crippen LogP contribution in [0, 0.1) is 23.0 Å². The van der Waals surface area contributed by atoms with Gasteiger partial charge in [-0.25, -0.2) is 0 Å². The van der Waals surface area contributed by atoms with Crippen LogP contribution in [0.3, 0.4) is 0 Å². The van der Waals surface area contributed by atoms with Gasteiger partial charge in [0, 0.05) is 34.3 Å². The molecule has 0 saturated carbocycles. The smallest absolute Gasteiger partial charge is 0.269 e. The van der Waals surface area contributed by atoms with Gasteiger partial charge in [-0.15, -0.1) is 0 Å². The van der Waals surface area contributed by atoms with Gasteiger partial charge in [0.25, 0.3) is 5.69 Å². The number of anilines is 1. The van der Waals surface area contributed by atoms with E-state index in [4.69, 9.17) is 11.6 Å². The van der Waals surface area contributed by atoms with Gasteiger partial charge in [-0.1, -0.05) is 42.0 Å². The molecule has 3 atom stereocenters. The number of nitrogens with one attached hydrogen (secondary N) is 1. The average molecular weight is 341 g/mol. The van der Waals surface area contributed by atoms with Crippen molar-refractivity contribution in [3.63, 3.8) is 0 Å². The van der Waals surface area contributed by atoms with Crippen LogP contribution in [-0.4, -0.2) is 4.92 Å². The minimum absolute atomic E-state index is 0.0366. The van der Waals surface area contributed by atoms with Gasteiger partial charge < -0.3 is 5.32 Å². The van der Waals surface area contributed by atoms with Crippen LogP contribution in [-0.2, 0) is 0 Å². The van der Waals surface area contributed by atoms with Crippen LogP contribution in [0.25, 0.3) is 0 Å². The molecule has 0 radical (unpaired) electrons. The van der Waals surface area contributed by atoms with Crippen molar-refractivity contribution < 1.29 is 4.92 Å². The fourth-order valence-corrected chi connectivity index (χ4v) is 4.25. The van der Waals surface area contributed by atoms with Crippen molar-refractivity contribution >= 4 is 23.0 Å². The second-order valence-electron chi connectivity index (χ2n) is 6.48. The first-order chi connectivity index (χ1) is 11.6. The second-order valence-corrected chi connectivity index (χ2v) is 6.89. The lowest BCUT2D eigenvalue weighted by molar-refractivity contribution is -0.384. The van der Waals surface area contributed by atoms with E-state index in [1.807, 2.05) is 18.2 Å². The fraction of sp³-hybridized carbons (Fsp3) is 0.263. The highest BCUT2D eigenvalue weighted by Gasteiger charge is 2.39. The van der Waals surface area contributed by atoms with E-state index in [1.165, 1.54) is 6.07 Å². The molecule has 0 spiro atoms. The monoisotopic (exact) mass is 340 g/mol. The number of hydrogen-bond acceptors (Lipinski definition) is 3. The molecular formula is C19H17ClN2O2. The predicted molar refractivity (Wildman–Crippen MR) is 95.6 cm³/mol. The molecule has 1 aliphatic heterocycles. The average Bonchev–Trinajstić information content (AvgIpc) is 3.06. The Bertz CT molecular complexity index is 862. The molecule has 1 N–H and O–H groups in total. The lowest BCUT2D eigenvalue weighted by atomic mass is 9.76. The van der Waals surface area contributed by atoms with E-state index in [-0.39, 0.29) is 22.6 Å². The Kier molecular flexibility index (Phi) is 3.57. The van der Waals surface area contributed by atoms with Gasteiger partial charge in [-0.3, -0.25) is 10.1 Å². The van der Waals surface area contributed by atoms with Crippen molar-refractivity contribution in [1.82, 2.24) is 0 Å². The van der Waals surface area contributed by atoms with Gasteiger partial charge in [0.1, 0.15) is 0 Å². The first-order valence-electron chi connectivity index (χ1n) is 8.03. The normalized spacial score (nSPS) is 24.2. The summed E-state index contributed by atoms with van der Waals surface area (Å²) in [6, 6.07) is 10.9. The Morgan fingerprint density at radius 2 is 2.12 bits per heavy atom. The molecule has 0 fully saturated rings. The SMILES string of the molecule is Cc1ccc(Cl)c2c1N[C@@H](c1cccc([N+](=O)[O-])c1)[C@H]1CC=C[C@@H]21. The number of nitrogens with zero attached hydrogens (tertiary/aromatic N) is 1. The van der Waals surface area contributed by atoms with E-state index in [2.05, 4.69) is 24.4 Å². The summed E-state index contributed by atoms with van der Waals surface area (Å²) in [6.07, 6.45) is 5.35. The topological polar surface area (TPSA) is 55.2 Å². The minimum atomic E-state index is -0.341. The second kappa shape index (κ2) is 5.64. The number of fused-ring (bicyclic) bond motifs is 3. The van der Waals surface area contributed by atoms with Gasteiger partial charge in [0.2, 0.25) is 0 Å². The molecule has 5 heteroatoms. The lowest BCUT2D eigenvalue weighted by Crippen LogP contribution is -2.29. The van der Waals surface area contributed by atoms with Crippen LogP contribution < -0.4 is 5.32 Å². The molecule has 2 aromatic carbocycles. The number of benzene rings is 2. The van der Waals surface area contributed by atoms with Crippen LogP contribution in [0.1, 0.15) is 35.1 Å². The fourth-order valence-electron chi connectivity index (χ4n) is 3.97. The van der Waals surface area contributed by atoms with E-state index in [0.29, 0.717) is 5.92 Å². The van der Waals surface area contributed by atoms with Crippen LogP contribution in [0.4, 0.5) is 11.4 Å². The Labute approximate surface area is 145 Å². The molecule has 1 aliphatic carbocycles. The van der Waals surface area contributed by atoms with Crippen LogP contribution >= 0.6 is 11.6 Å². The molecule has 4 nitrogen and oxygen atoms in total. The molecule has 2 aromatic rings. The number of allylic oxidation sites excluding steroid dienone is 2. The highest BCUT2D eigenvalue weighted by Crippen LogP contribution is 2.52. The first kappa shape index (κ1) is 15.2. The van der Waals surface area contributed by atoms with Crippen molar-refractivity contribution in [3.05, 3.63) is 80.4 Å². The summed E-state index contributed by atoms with van der Waals surface area (Å²) in [5.74, 6) is 0.566. The maximum atomic E-state index is 11.1. The lowest BCUT2D eigenvalue weighted by Gasteiger charge is -2.38. The number of non-ortho nitro benzene ring substituents is 1. The summed E-state index contributed by atoms with van der Waals surface area (Å²) in [5, 5.41) is 15.5. The van der Waals surface area contributed by atoms with Gasteiger partial charge in [0.15, 0.2) is 0 Å². The van der Waals surface area contributed by atoms with E-state index in [1.54, 1.807) is 12.1 Å². The number of hydrogen-bond donors (Lipinski definition) is 1. The maximum absolute atomic E-state index is 11.1. The number of nitro groups is 1. The van der Waals surface area contributed by atoms with E-state index in [9.17, 15) is 10.1 Å². The molecule has 0 amide bonds. The maximum Gasteiger partial charge on any atom is 0.269 e. The molecule has 122 valence electrons. The third kappa shape index (κ3) is 2.29. The Morgan fingerprint density at radius 3 is 2.92 bits per heavy atom. The summed E-state index contributed by atoms with van der Waals surface area (Å²) in [5.41, 5.74) is 4.44. The highest BCUT2D eigenvalue weighted by molar-refractivity contribution is 6.32. The number of halogens is 1. The van der Waals surface area contributed by atoms with Crippen molar-refractivity contribution in [2.24, 2.45) is 5.92 Å². The zero-order chi connectivity index (χ0) is 16.8. The van der Waals surface area contributed by atoms with Crippen LogP contribution in [0.2, 0.25) is 5.02 Å². The molecule has 0 unspecified atom stereocenters. The summed E-state index contributed by atoms with van der Waals surface area (Å²) in [7, 11) is 0. The summed E-state index contributed by atoms with van der Waals surface area (Å²) in [4.78, 5) is 10.8. The van der Waals surface area contributed by atoms with Gasteiger partial charge >= 0.3 is 0 Å². The molecular weight excluding hydrogens is 324 g/mol. The third-order valence-corrected chi connectivity index (χ3v) is 5.44. The quantitative estimate of drug-likeness (QED) is 0.453. The molecule has 1 heterocycles. The molecule has 24 heavy (non-hydrogen) atoms. The van der Waals surface area contributed by atoms with Crippen molar-refractivity contribution in [2.45, 2.75) is 25.3 Å². The summed E-state index contributed by atoms with van der Waals surface area (Å²) >= 11 is 6.48. The van der Waals surface area contributed by atoms with E-state index in [0.717, 1.165) is 33.8 Å². The summed E-state index contributed by atoms with van der Waals surface area (Å²) in [6.45, 7) is 2.06. The standard InChI is InChI=1S/C19H17ClN2O2/c1-11-8-9-16(20)17-14-6-3-7-15(14)19(21-18(11)17)12-4-2-5-13(10-12)22(23)24/h2-6,8-10,14-15,19,21H,7H2,1H3/t14-,15+,19+/m1/s1. The van der Waals surface area contributed by atoms with Crippen molar-refractivity contribution in [3.8, 4) is 0 Å². The van der Waals surface area contributed by atoms with Crippen molar-refractivity contribution in [2.75, 3.05) is 5.32 Å². The third-order valence-electron chi connectivity index (χ3n) is 5.12. The Morgan fingerprint density at radius 1 is 1.29 bits per heavy atom. The van der Waals surface area contributed by atoms with Gasteiger partial charge in [0.05, 0.1) is 11.0 Å². The Hall–Kier alpha value is -2.33. The Balaban J connectivity index is 1.83. The largest absolute Gasteiger partial charge is 0.377 e. The van der Waals surface area contributed by atoms with Gasteiger partial charge in [-0.05, 0) is 36.5 Å². The first-order valence-corrected chi connectivity index (χ1v) is 8.40. The molecule has 0 aromatic heterocycles.